The van der Waals surface area contributed by atoms with Gasteiger partial charge in [0.1, 0.15) is 18.3 Å². The molecule has 34 heavy (non-hydrogen) atoms. The fourth-order valence-electron chi connectivity index (χ4n) is 4.24. The molecule has 1 aromatic rings. The zero-order chi connectivity index (χ0) is 24.6. The van der Waals surface area contributed by atoms with E-state index in [2.05, 4.69) is 10.2 Å². The molecule has 0 spiro atoms. The van der Waals surface area contributed by atoms with Crippen LogP contribution in [0.2, 0.25) is 0 Å². The standard InChI is InChI=1S/C24H32F3N3O4/c25-24(26,27)19-7-5-6-18(14-19)23(33)30-12-10-29(11-13-30)17-21-16-28-9-4-2-1-3-8-20(31)15-22(32)34-21/h5-7,14,21,28H,1-4,8-13,15-17H2. The number of alkyl halides is 3. The highest BCUT2D eigenvalue weighted by atomic mass is 19.4. The summed E-state index contributed by atoms with van der Waals surface area (Å²) in [5.41, 5.74) is -0.829. The Kier molecular flexibility index (Phi) is 9.46. The lowest BCUT2D eigenvalue weighted by Gasteiger charge is -2.36. The van der Waals surface area contributed by atoms with Crippen LogP contribution in [0, 0.1) is 0 Å². The number of Topliss-reactive ketones (excluding diaryl/α,β-unsaturated/α-hetero) is 1. The number of piperazine rings is 1. The van der Waals surface area contributed by atoms with Crippen LogP contribution in [0.25, 0.3) is 0 Å². The molecule has 2 aliphatic heterocycles. The van der Waals surface area contributed by atoms with E-state index in [0.29, 0.717) is 45.7 Å². The largest absolute Gasteiger partial charge is 0.459 e. The average molecular weight is 484 g/mol. The van der Waals surface area contributed by atoms with E-state index in [4.69, 9.17) is 4.74 Å². The van der Waals surface area contributed by atoms with Gasteiger partial charge in [0.2, 0.25) is 0 Å². The zero-order valence-corrected chi connectivity index (χ0v) is 19.2. The van der Waals surface area contributed by atoms with Gasteiger partial charge in [0.05, 0.1) is 5.56 Å². The number of carbonyl (C=O) groups is 3. The number of nitrogens with zero attached hydrogens (tertiary/aromatic N) is 2. The fourth-order valence-corrected chi connectivity index (χ4v) is 4.24. The van der Waals surface area contributed by atoms with Crippen molar-refractivity contribution in [1.82, 2.24) is 15.1 Å². The Balaban J connectivity index is 1.53. The second-order valence-electron chi connectivity index (χ2n) is 8.87. The van der Waals surface area contributed by atoms with Gasteiger partial charge in [0.25, 0.3) is 5.91 Å². The second-order valence-corrected chi connectivity index (χ2v) is 8.87. The number of cyclic esters (lactones) is 1. The van der Waals surface area contributed by atoms with Crippen molar-refractivity contribution >= 4 is 17.7 Å². The van der Waals surface area contributed by atoms with Crippen molar-refractivity contribution < 1.29 is 32.3 Å². The van der Waals surface area contributed by atoms with Gasteiger partial charge in [-0.05, 0) is 37.6 Å². The summed E-state index contributed by atoms with van der Waals surface area (Å²) < 4.78 is 44.5. The van der Waals surface area contributed by atoms with E-state index < -0.39 is 29.7 Å². The highest BCUT2D eigenvalue weighted by Crippen LogP contribution is 2.29. The maximum atomic E-state index is 13.0. The number of amides is 1. The zero-order valence-electron chi connectivity index (χ0n) is 19.2. The van der Waals surface area contributed by atoms with E-state index >= 15 is 0 Å². The lowest BCUT2D eigenvalue weighted by atomic mass is 10.1. The summed E-state index contributed by atoms with van der Waals surface area (Å²) in [5.74, 6) is -1.05. The number of halogens is 3. The van der Waals surface area contributed by atoms with Crippen LogP contribution in [0.15, 0.2) is 24.3 Å². The lowest BCUT2D eigenvalue weighted by molar-refractivity contribution is -0.151. The molecule has 0 radical (unpaired) electrons. The maximum absolute atomic E-state index is 13.0. The molecule has 3 rings (SSSR count). The Labute approximate surface area is 197 Å². The summed E-state index contributed by atoms with van der Waals surface area (Å²) in [5, 5.41) is 3.32. The molecule has 1 N–H and O–H groups in total. The van der Waals surface area contributed by atoms with Crippen LogP contribution < -0.4 is 5.32 Å². The first-order valence-electron chi connectivity index (χ1n) is 11.8. The topological polar surface area (TPSA) is 79.0 Å². The summed E-state index contributed by atoms with van der Waals surface area (Å²) in [7, 11) is 0. The van der Waals surface area contributed by atoms with Gasteiger partial charge < -0.3 is 15.0 Å². The summed E-state index contributed by atoms with van der Waals surface area (Å²) in [6.07, 6.45) is -0.962. The number of rotatable bonds is 3. The molecule has 0 aliphatic carbocycles. The Bertz CT molecular complexity index is 854. The molecule has 2 fully saturated rings. The monoisotopic (exact) mass is 483 g/mol. The van der Waals surface area contributed by atoms with Gasteiger partial charge >= 0.3 is 12.1 Å². The molecular formula is C24H32F3N3O4. The van der Waals surface area contributed by atoms with Gasteiger partial charge in [-0.3, -0.25) is 19.3 Å². The molecule has 0 aromatic heterocycles. The molecule has 1 atom stereocenters. The number of hydrogen-bond donors (Lipinski definition) is 1. The first-order chi connectivity index (χ1) is 16.2. The third kappa shape index (κ3) is 8.09. The molecule has 2 heterocycles. The highest BCUT2D eigenvalue weighted by Gasteiger charge is 2.32. The molecule has 0 saturated carbocycles. The maximum Gasteiger partial charge on any atom is 0.416 e. The molecule has 1 unspecified atom stereocenters. The first kappa shape index (κ1) is 26.2. The molecule has 7 nitrogen and oxygen atoms in total. The number of ketones is 1. The second kappa shape index (κ2) is 12.3. The van der Waals surface area contributed by atoms with Gasteiger partial charge in [-0.2, -0.15) is 13.2 Å². The van der Waals surface area contributed by atoms with Crippen LogP contribution in [-0.4, -0.2) is 79.4 Å². The molecule has 10 heteroatoms. The van der Waals surface area contributed by atoms with Crippen molar-refractivity contribution in [2.24, 2.45) is 0 Å². The lowest BCUT2D eigenvalue weighted by Crippen LogP contribution is -2.52. The molecule has 188 valence electrons. The molecular weight excluding hydrogens is 451 g/mol. The number of benzene rings is 1. The third-order valence-electron chi connectivity index (χ3n) is 6.13. The Morgan fingerprint density at radius 1 is 1.06 bits per heavy atom. The quantitative estimate of drug-likeness (QED) is 0.526. The molecule has 0 bridgehead atoms. The van der Waals surface area contributed by atoms with Crippen molar-refractivity contribution in [3.8, 4) is 0 Å². The van der Waals surface area contributed by atoms with Crippen LogP contribution in [0.5, 0.6) is 0 Å². The SMILES string of the molecule is O=C1CCCCCCNCC(CN2CCN(C(=O)c3cccc(C(F)(F)F)c3)CC2)OC(=O)C1. The Morgan fingerprint density at radius 2 is 1.79 bits per heavy atom. The average Bonchev–Trinajstić information content (AvgIpc) is 2.81. The molecule has 2 aliphatic rings. The minimum absolute atomic E-state index is 0.0151. The van der Waals surface area contributed by atoms with Crippen LogP contribution in [-0.2, 0) is 20.5 Å². The minimum Gasteiger partial charge on any atom is -0.459 e. The van der Waals surface area contributed by atoms with Crippen molar-refractivity contribution in [2.75, 3.05) is 45.8 Å². The summed E-state index contributed by atoms with van der Waals surface area (Å²) in [6.45, 7) is 3.49. The predicted molar refractivity (Wildman–Crippen MR) is 119 cm³/mol. The van der Waals surface area contributed by atoms with Gasteiger partial charge in [-0.15, -0.1) is 0 Å². The van der Waals surface area contributed by atoms with Gasteiger partial charge in [-0.25, -0.2) is 0 Å². The number of ether oxygens (including phenoxy) is 1. The number of esters is 1. The Morgan fingerprint density at radius 3 is 2.53 bits per heavy atom. The molecule has 1 aromatic carbocycles. The minimum atomic E-state index is -4.50. The Hall–Kier alpha value is -2.46. The van der Waals surface area contributed by atoms with E-state index in [9.17, 15) is 27.6 Å². The van der Waals surface area contributed by atoms with Crippen LogP contribution in [0.3, 0.4) is 0 Å². The van der Waals surface area contributed by atoms with Gasteiger partial charge in [-0.1, -0.05) is 18.9 Å². The van der Waals surface area contributed by atoms with Crippen LogP contribution in [0.4, 0.5) is 13.2 Å². The van der Waals surface area contributed by atoms with Crippen molar-refractivity contribution in [3.63, 3.8) is 0 Å². The summed E-state index contributed by atoms with van der Waals surface area (Å²) in [6, 6.07) is 4.46. The van der Waals surface area contributed by atoms with Crippen molar-refractivity contribution in [3.05, 3.63) is 35.4 Å². The summed E-state index contributed by atoms with van der Waals surface area (Å²) in [4.78, 5) is 40.5. The van der Waals surface area contributed by atoms with Gasteiger partial charge in [0, 0.05) is 51.3 Å². The van der Waals surface area contributed by atoms with E-state index in [1.807, 2.05) is 0 Å². The number of hydrogen-bond acceptors (Lipinski definition) is 6. The third-order valence-corrected chi connectivity index (χ3v) is 6.13. The predicted octanol–water partition coefficient (Wildman–Crippen LogP) is 2.89. The normalized spacial score (nSPS) is 22.3. The van der Waals surface area contributed by atoms with E-state index in [0.717, 1.165) is 44.4 Å². The van der Waals surface area contributed by atoms with Crippen molar-refractivity contribution in [1.29, 1.82) is 0 Å². The number of carbonyl (C=O) groups excluding carboxylic acids is 3. The van der Waals surface area contributed by atoms with E-state index in [1.54, 1.807) is 4.90 Å². The molecule has 2 saturated heterocycles. The highest BCUT2D eigenvalue weighted by molar-refractivity contribution is 5.95. The van der Waals surface area contributed by atoms with Crippen molar-refractivity contribution in [2.45, 2.75) is 50.8 Å². The summed E-state index contributed by atoms with van der Waals surface area (Å²) >= 11 is 0. The number of nitrogens with one attached hydrogen (secondary N) is 1. The van der Waals surface area contributed by atoms with Crippen LogP contribution in [0.1, 0.15) is 54.4 Å². The molecule has 1 amide bonds. The van der Waals surface area contributed by atoms with E-state index in [-0.39, 0.29) is 17.8 Å². The van der Waals surface area contributed by atoms with Gasteiger partial charge in [0.15, 0.2) is 0 Å². The van der Waals surface area contributed by atoms with E-state index in [1.165, 1.54) is 12.1 Å². The van der Waals surface area contributed by atoms with Crippen LogP contribution >= 0.6 is 0 Å². The smallest absolute Gasteiger partial charge is 0.416 e. The first-order valence-corrected chi connectivity index (χ1v) is 11.8. The fraction of sp³-hybridized carbons (Fsp3) is 0.625.